The van der Waals surface area contributed by atoms with E-state index in [9.17, 15) is 0 Å². The topological polar surface area (TPSA) is 9.23 Å². The van der Waals surface area contributed by atoms with Crippen molar-refractivity contribution in [2.45, 2.75) is 31.2 Å². The van der Waals surface area contributed by atoms with Gasteiger partial charge in [-0.1, -0.05) is 18.5 Å². The Hall–Kier alpha value is 0.250. The first-order chi connectivity index (χ1) is 3.77. The SMILES string of the molecule is CCC1(Cl)CCCO1. The van der Waals surface area contributed by atoms with Crippen LogP contribution in [0.15, 0.2) is 0 Å². The third kappa shape index (κ3) is 1.15. The van der Waals surface area contributed by atoms with Gasteiger partial charge < -0.3 is 4.74 Å². The lowest BCUT2D eigenvalue weighted by atomic mass is 10.2. The van der Waals surface area contributed by atoms with Gasteiger partial charge in [-0.2, -0.15) is 0 Å². The van der Waals surface area contributed by atoms with Gasteiger partial charge in [0, 0.05) is 6.61 Å². The highest BCUT2D eigenvalue weighted by Crippen LogP contribution is 2.32. The summed E-state index contributed by atoms with van der Waals surface area (Å²) in [6.45, 7) is 2.90. The number of alkyl halides is 1. The van der Waals surface area contributed by atoms with E-state index in [4.69, 9.17) is 16.3 Å². The van der Waals surface area contributed by atoms with E-state index in [0.717, 1.165) is 25.9 Å². The molecular formula is C6H11ClO. The third-order valence-electron chi connectivity index (χ3n) is 1.58. The van der Waals surface area contributed by atoms with E-state index < -0.39 is 0 Å². The Morgan fingerprint density at radius 3 is 2.75 bits per heavy atom. The molecule has 0 radical (unpaired) electrons. The summed E-state index contributed by atoms with van der Waals surface area (Å²) < 4.78 is 5.26. The molecule has 2 heteroatoms. The second-order valence-electron chi connectivity index (χ2n) is 2.19. The lowest BCUT2D eigenvalue weighted by Gasteiger charge is -2.16. The molecule has 0 aromatic carbocycles. The van der Waals surface area contributed by atoms with Gasteiger partial charge >= 0.3 is 0 Å². The van der Waals surface area contributed by atoms with Crippen molar-refractivity contribution in [2.24, 2.45) is 0 Å². The number of hydrogen-bond acceptors (Lipinski definition) is 1. The van der Waals surface area contributed by atoms with Crippen molar-refractivity contribution in [3.8, 4) is 0 Å². The summed E-state index contributed by atoms with van der Waals surface area (Å²) in [5, 5.41) is -0.292. The Labute approximate surface area is 55.0 Å². The molecule has 1 fully saturated rings. The van der Waals surface area contributed by atoms with Crippen molar-refractivity contribution in [2.75, 3.05) is 6.61 Å². The maximum atomic E-state index is 5.93. The van der Waals surface area contributed by atoms with Crippen LogP contribution in [0.2, 0.25) is 0 Å². The van der Waals surface area contributed by atoms with Crippen LogP contribution >= 0.6 is 11.6 Å². The average molecular weight is 135 g/mol. The van der Waals surface area contributed by atoms with E-state index in [2.05, 4.69) is 6.92 Å². The Morgan fingerprint density at radius 2 is 2.50 bits per heavy atom. The van der Waals surface area contributed by atoms with Crippen LogP contribution < -0.4 is 0 Å². The molecule has 0 saturated carbocycles. The molecule has 0 aromatic rings. The van der Waals surface area contributed by atoms with Gasteiger partial charge in [0.15, 0.2) is 0 Å². The van der Waals surface area contributed by atoms with Crippen LogP contribution in [-0.2, 0) is 4.74 Å². The highest BCUT2D eigenvalue weighted by atomic mass is 35.5. The number of ether oxygens (including phenoxy) is 1. The molecule has 1 heterocycles. The largest absolute Gasteiger partial charge is 0.360 e. The maximum Gasteiger partial charge on any atom is 0.141 e. The van der Waals surface area contributed by atoms with E-state index in [1.807, 2.05) is 0 Å². The Bertz CT molecular complexity index is 76.6. The van der Waals surface area contributed by atoms with Gasteiger partial charge in [-0.05, 0) is 19.3 Å². The van der Waals surface area contributed by atoms with Crippen LogP contribution in [0, 0.1) is 0 Å². The van der Waals surface area contributed by atoms with Crippen LogP contribution in [0.25, 0.3) is 0 Å². The minimum Gasteiger partial charge on any atom is -0.360 e. The molecule has 1 nitrogen and oxygen atoms in total. The number of rotatable bonds is 1. The summed E-state index contributed by atoms with van der Waals surface area (Å²) in [4.78, 5) is 0. The summed E-state index contributed by atoms with van der Waals surface area (Å²) in [5.41, 5.74) is 0. The minimum atomic E-state index is -0.292. The molecule has 0 spiro atoms. The molecule has 1 saturated heterocycles. The Morgan fingerprint density at radius 1 is 1.75 bits per heavy atom. The molecule has 0 bridgehead atoms. The van der Waals surface area contributed by atoms with Gasteiger partial charge in [-0.3, -0.25) is 0 Å². The van der Waals surface area contributed by atoms with Crippen molar-refractivity contribution >= 4 is 11.6 Å². The zero-order valence-corrected chi connectivity index (χ0v) is 5.87. The number of hydrogen-bond donors (Lipinski definition) is 0. The first-order valence-corrected chi connectivity index (χ1v) is 3.47. The van der Waals surface area contributed by atoms with Crippen molar-refractivity contribution in [1.29, 1.82) is 0 Å². The minimum absolute atomic E-state index is 0.292. The summed E-state index contributed by atoms with van der Waals surface area (Å²) in [6.07, 6.45) is 3.07. The van der Waals surface area contributed by atoms with E-state index in [1.165, 1.54) is 0 Å². The smallest absolute Gasteiger partial charge is 0.141 e. The fourth-order valence-electron chi connectivity index (χ4n) is 0.942. The highest BCUT2D eigenvalue weighted by Gasteiger charge is 2.29. The first kappa shape index (κ1) is 6.37. The second kappa shape index (κ2) is 2.24. The molecule has 48 valence electrons. The van der Waals surface area contributed by atoms with E-state index >= 15 is 0 Å². The lowest BCUT2D eigenvalue weighted by molar-refractivity contribution is 0.0721. The highest BCUT2D eigenvalue weighted by molar-refractivity contribution is 6.22. The fraction of sp³-hybridized carbons (Fsp3) is 1.00. The monoisotopic (exact) mass is 134 g/mol. The van der Waals surface area contributed by atoms with Gasteiger partial charge in [-0.25, -0.2) is 0 Å². The van der Waals surface area contributed by atoms with Gasteiger partial charge in [0.2, 0.25) is 0 Å². The van der Waals surface area contributed by atoms with E-state index in [-0.39, 0.29) is 5.06 Å². The quantitative estimate of drug-likeness (QED) is 0.500. The van der Waals surface area contributed by atoms with Crippen LogP contribution in [-0.4, -0.2) is 11.7 Å². The van der Waals surface area contributed by atoms with Gasteiger partial charge in [0.05, 0.1) is 0 Å². The summed E-state index contributed by atoms with van der Waals surface area (Å²) in [7, 11) is 0. The molecule has 0 N–H and O–H groups in total. The van der Waals surface area contributed by atoms with Crippen molar-refractivity contribution in [3.63, 3.8) is 0 Å². The molecule has 1 unspecified atom stereocenters. The molecule has 8 heavy (non-hydrogen) atoms. The van der Waals surface area contributed by atoms with Crippen molar-refractivity contribution in [3.05, 3.63) is 0 Å². The fourth-order valence-corrected chi connectivity index (χ4v) is 1.15. The van der Waals surface area contributed by atoms with E-state index in [0.29, 0.717) is 0 Å². The Kier molecular flexibility index (Phi) is 1.78. The van der Waals surface area contributed by atoms with E-state index in [1.54, 1.807) is 0 Å². The molecule has 1 aliphatic rings. The summed E-state index contributed by atoms with van der Waals surface area (Å²) in [6, 6.07) is 0. The van der Waals surface area contributed by atoms with Gasteiger partial charge in [0.25, 0.3) is 0 Å². The normalized spacial score (nSPS) is 38.2. The molecule has 1 aliphatic heterocycles. The zero-order valence-electron chi connectivity index (χ0n) is 5.11. The molecule has 0 aliphatic carbocycles. The van der Waals surface area contributed by atoms with Crippen LogP contribution in [0.5, 0.6) is 0 Å². The number of halogens is 1. The summed E-state index contributed by atoms with van der Waals surface area (Å²) >= 11 is 5.93. The van der Waals surface area contributed by atoms with Gasteiger partial charge in [-0.15, -0.1) is 0 Å². The first-order valence-electron chi connectivity index (χ1n) is 3.10. The van der Waals surface area contributed by atoms with Crippen molar-refractivity contribution < 1.29 is 4.74 Å². The van der Waals surface area contributed by atoms with Crippen molar-refractivity contribution in [1.82, 2.24) is 0 Å². The maximum absolute atomic E-state index is 5.93. The van der Waals surface area contributed by atoms with Crippen LogP contribution in [0.1, 0.15) is 26.2 Å². The lowest BCUT2D eigenvalue weighted by Crippen LogP contribution is -2.16. The third-order valence-corrected chi connectivity index (χ3v) is 2.15. The average Bonchev–Trinajstić information content (AvgIpc) is 2.17. The standard InChI is InChI=1S/C6H11ClO/c1-2-6(7)4-3-5-8-6/h2-5H2,1H3. The summed E-state index contributed by atoms with van der Waals surface area (Å²) in [5.74, 6) is 0. The zero-order chi connectivity index (χ0) is 6.04. The second-order valence-corrected chi connectivity index (χ2v) is 2.88. The molecule has 1 rings (SSSR count). The molecule has 0 amide bonds. The van der Waals surface area contributed by atoms with Crippen LogP contribution in [0.4, 0.5) is 0 Å². The predicted molar refractivity (Wildman–Crippen MR) is 34.1 cm³/mol. The predicted octanol–water partition coefficient (Wildman–Crippen LogP) is 2.14. The molecule has 1 atom stereocenters. The molecule has 0 aromatic heterocycles. The molecular weight excluding hydrogens is 124 g/mol. The van der Waals surface area contributed by atoms with Gasteiger partial charge in [0.1, 0.15) is 5.06 Å². The van der Waals surface area contributed by atoms with Crippen LogP contribution in [0.3, 0.4) is 0 Å². The Balaban J connectivity index is 2.40.